The van der Waals surface area contributed by atoms with Gasteiger partial charge in [0, 0.05) is 6.54 Å². The summed E-state index contributed by atoms with van der Waals surface area (Å²) in [6.45, 7) is 8.26. The van der Waals surface area contributed by atoms with E-state index in [0.29, 0.717) is 5.92 Å². The number of aryl methyl sites for hydroxylation is 1. The first-order chi connectivity index (χ1) is 7.10. The molecule has 0 aromatic heterocycles. The van der Waals surface area contributed by atoms with Crippen molar-refractivity contribution in [3.05, 3.63) is 35.4 Å². The normalized spacial score (nSPS) is 31.5. The van der Waals surface area contributed by atoms with Crippen LogP contribution in [0, 0.1) is 12.8 Å². The molecular formula is C13H19NO. The summed E-state index contributed by atoms with van der Waals surface area (Å²) in [6.07, 6.45) is 0. The van der Waals surface area contributed by atoms with E-state index in [1.807, 2.05) is 0 Å². The second-order valence-corrected chi connectivity index (χ2v) is 4.70. The topological polar surface area (TPSA) is 21.3 Å². The minimum Gasteiger partial charge on any atom is -0.356 e. The van der Waals surface area contributed by atoms with Crippen molar-refractivity contribution in [2.75, 3.05) is 13.2 Å². The molecule has 0 amide bonds. The standard InChI is InChI=1S/C13H19NO/c1-10-5-4-6-12(7-10)13(3)14-8-11(2)9-15-13/h4-7,11,14H,8-9H2,1-3H3. The van der Waals surface area contributed by atoms with Crippen LogP contribution in [0.4, 0.5) is 0 Å². The molecule has 82 valence electrons. The third-order valence-corrected chi connectivity index (χ3v) is 3.01. The van der Waals surface area contributed by atoms with E-state index >= 15 is 0 Å². The van der Waals surface area contributed by atoms with Gasteiger partial charge in [0.2, 0.25) is 0 Å². The first-order valence-electron chi connectivity index (χ1n) is 5.56. The zero-order chi connectivity index (χ0) is 10.9. The van der Waals surface area contributed by atoms with Crippen LogP contribution in [0.15, 0.2) is 24.3 Å². The zero-order valence-corrected chi connectivity index (χ0v) is 9.71. The SMILES string of the molecule is Cc1cccc(C2(C)NCC(C)CO2)c1. The molecule has 2 nitrogen and oxygen atoms in total. The maximum atomic E-state index is 5.91. The fraction of sp³-hybridized carbons (Fsp3) is 0.538. The van der Waals surface area contributed by atoms with Crippen molar-refractivity contribution in [2.45, 2.75) is 26.5 Å². The second kappa shape index (κ2) is 3.95. The van der Waals surface area contributed by atoms with Gasteiger partial charge in [-0.3, -0.25) is 5.32 Å². The third kappa shape index (κ3) is 2.21. The Kier molecular flexibility index (Phi) is 2.81. The van der Waals surface area contributed by atoms with Crippen LogP contribution in [-0.2, 0) is 10.5 Å². The molecule has 15 heavy (non-hydrogen) atoms. The first-order valence-corrected chi connectivity index (χ1v) is 5.56. The quantitative estimate of drug-likeness (QED) is 0.760. The Morgan fingerprint density at radius 3 is 2.87 bits per heavy atom. The molecule has 2 atom stereocenters. The van der Waals surface area contributed by atoms with E-state index in [0.717, 1.165) is 13.2 Å². The molecule has 1 saturated heterocycles. The number of hydrogen-bond acceptors (Lipinski definition) is 2. The van der Waals surface area contributed by atoms with Gasteiger partial charge in [-0.25, -0.2) is 0 Å². The van der Waals surface area contributed by atoms with Gasteiger partial charge < -0.3 is 4.74 Å². The fourth-order valence-electron chi connectivity index (χ4n) is 1.92. The second-order valence-electron chi connectivity index (χ2n) is 4.70. The maximum Gasteiger partial charge on any atom is 0.142 e. The van der Waals surface area contributed by atoms with Crippen molar-refractivity contribution < 1.29 is 4.74 Å². The van der Waals surface area contributed by atoms with Gasteiger partial charge in [-0.15, -0.1) is 0 Å². The summed E-state index contributed by atoms with van der Waals surface area (Å²) in [7, 11) is 0. The average molecular weight is 205 g/mol. The third-order valence-electron chi connectivity index (χ3n) is 3.01. The van der Waals surface area contributed by atoms with Gasteiger partial charge in [-0.1, -0.05) is 36.8 Å². The Morgan fingerprint density at radius 2 is 2.27 bits per heavy atom. The molecule has 0 aliphatic carbocycles. The van der Waals surface area contributed by atoms with Crippen LogP contribution in [0.5, 0.6) is 0 Å². The number of rotatable bonds is 1. The predicted octanol–water partition coefficient (Wildman–Crippen LogP) is 2.42. The molecule has 0 saturated carbocycles. The first kappa shape index (κ1) is 10.7. The van der Waals surface area contributed by atoms with Crippen molar-refractivity contribution in [3.8, 4) is 0 Å². The molecule has 1 aromatic rings. The number of hydrogen-bond donors (Lipinski definition) is 1. The highest BCUT2D eigenvalue weighted by Crippen LogP contribution is 2.26. The monoisotopic (exact) mass is 205 g/mol. The highest BCUT2D eigenvalue weighted by Gasteiger charge is 2.31. The Hall–Kier alpha value is -0.860. The van der Waals surface area contributed by atoms with Gasteiger partial charge in [0.25, 0.3) is 0 Å². The van der Waals surface area contributed by atoms with Crippen molar-refractivity contribution in [2.24, 2.45) is 5.92 Å². The molecule has 2 unspecified atom stereocenters. The van der Waals surface area contributed by atoms with Crippen molar-refractivity contribution in [1.29, 1.82) is 0 Å². The number of benzene rings is 1. The van der Waals surface area contributed by atoms with E-state index in [9.17, 15) is 0 Å². The lowest BCUT2D eigenvalue weighted by Crippen LogP contribution is -2.49. The van der Waals surface area contributed by atoms with Crippen LogP contribution >= 0.6 is 0 Å². The lowest BCUT2D eigenvalue weighted by atomic mass is 9.99. The fourth-order valence-corrected chi connectivity index (χ4v) is 1.92. The highest BCUT2D eigenvalue weighted by molar-refractivity contribution is 5.27. The molecule has 1 N–H and O–H groups in total. The Balaban J connectivity index is 2.22. The van der Waals surface area contributed by atoms with E-state index in [1.54, 1.807) is 0 Å². The lowest BCUT2D eigenvalue weighted by Gasteiger charge is -2.38. The summed E-state index contributed by atoms with van der Waals surface area (Å²) in [5, 5.41) is 3.47. The van der Waals surface area contributed by atoms with Crippen LogP contribution in [0.2, 0.25) is 0 Å². The summed E-state index contributed by atoms with van der Waals surface area (Å²) in [5.74, 6) is 0.600. The Morgan fingerprint density at radius 1 is 1.47 bits per heavy atom. The summed E-state index contributed by atoms with van der Waals surface area (Å²) in [4.78, 5) is 0. The summed E-state index contributed by atoms with van der Waals surface area (Å²) in [6, 6.07) is 8.50. The van der Waals surface area contributed by atoms with Crippen LogP contribution in [0.25, 0.3) is 0 Å². The van der Waals surface area contributed by atoms with Crippen LogP contribution in [0.3, 0.4) is 0 Å². The highest BCUT2D eigenvalue weighted by atomic mass is 16.5. The smallest absolute Gasteiger partial charge is 0.142 e. The number of ether oxygens (including phenoxy) is 1. The van der Waals surface area contributed by atoms with Gasteiger partial charge in [-0.05, 0) is 25.3 Å². The largest absolute Gasteiger partial charge is 0.356 e. The molecule has 1 aromatic carbocycles. The molecule has 0 spiro atoms. The molecule has 1 aliphatic heterocycles. The molecule has 1 heterocycles. The van der Waals surface area contributed by atoms with Crippen molar-refractivity contribution in [3.63, 3.8) is 0 Å². The van der Waals surface area contributed by atoms with E-state index in [2.05, 4.69) is 50.4 Å². The number of nitrogens with one attached hydrogen (secondary N) is 1. The molecule has 0 bridgehead atoms. The average Bonchev–Trinajstić information content (AvgIpc) is 2.23. The molecule has 1 fully saturated rings. The van der Waals surface area contributed by atoms with E-state index in [1.165, 1.54) is 11.1 Å². The van der Waals surface area contributed by atoms with Gasteiger partial charge in [-0.2, -0.15) is 0 Å². The van der Waals surface area contributed by atoms with Crippen molar-refractivity contribution >= 4 is 0 Å². The summed E-state index contributed by atoms with van der Waals surface area (Å²) < 4.78 is 5.91. The van der Waals surface area contributed by atoms with E-state index in [4.69, 9.17) is 4.74 Å². The van der Waals surface area contributed by atoms with E-state index < -0.39 is 0 Å². The van der Waals surface area contributed by atoms with E-state index in [-0.39, 0.29) is 5.72 Å². The zero-order valence-electron chi connectivity index (χ0n) is 9.71. The molecule has 1 aliphatic rings. The van der Waals surface area contributed by atoms with Gasteiger partial charge >= 0.3 is 0 Å². The molecular weight excluding hydrogens is 186 g/mol. The van der Waals surface area contributed by atoms with Gasteiger partial charge in [0.15, 0.2) is 0 Å². The minimum absolute atomic E-state index is 0.307. The van der Waals surface area contributed by atoms with Gasteiger partial charge in [0.05, 0.1) is 6.61 Å². The molecule has 0 radical (unpaired) electrons. The van der Waals surface area contributed by atoms with Crippen LogP contribution < -0.4 is 5.32 Å². The van der Waals surface area contributed by atoms with Gasteiger partial charge in [0.1, 0.15) is 5.72 Å². The minimum atomic E-state index is -0.307. The molecule has 2 heteroatoms. The Bertz CT molecular complexity index is 340. The predicted molar refractivity (Wildman–Crippen MR) is 61.6 cm³/mol. The maximum absolute atomic E-state index is 5.91. The molecule has 2 rings (SSSR count). The summed E-state index contributed by atoms with van der Waals surface area (Å²) >= 11 is 0. The van der Waals surface area contributed by atoms with Crippen molar-refractivity contribution in [1.82, 2.24) is 5.32 Å². The summed E-state index contributed by atoms with van der Waals surface area (Å²) in [5.41, 5.74) is 2.19. The lowest BCUT2D eigenvalue weighted by molar-refractivity contribution is -0.106. The Labute approximate surface area is 91.6 Å². The van der Waals surface area contributed by atoms with Crippen LogP contribution in [-0.4, -0.2) is 13.2 Å². The van der Waals surface area contributed by atoms with Crippen LogP contribution in [0.1, 0.15) is 25.0 Å².